The Balaban J connectivity index is 2.47. The second-order valence-electron chi connectivity index (χ2n) is 6.14. The summed E-state index contributed by atoms with van der Waals surface area (Å²) in [6.45, 7) is 4.67. The van der Waals surface area contributed by atoms with E-state index in [-0.39, 0.29) is 27.0 Å². The van der Waals surface area contributed by atoms with Crippen LogP contribution in [0, 0.1) is 5.41 Å². The number of hydrogen-bond donors (Lipinski definition) is 1. The summed E-state index contributed by atoms with van der Waals surface area (Å²) in [5, 5.41) is 9.57. The van der Waals surface area contributed by atoms with E-state index in [2.05, 4.69) is 0 Å². The second kappa shape index (κ2) is 6.05. The van der Waals surface area contributed by atoms with Crippen LogP contribution in [0.3, 0.4) is 0 Å². The summed E-state index contributed by atoms with van der Waals surface area (Å²) in [7, 11) is -3.71. The Bertz CT molecular complexity index is 644. The van der Waals surface area contributed by atoms with Gasteiger partial charge in [0.2, 0.25) is 10.0 Å². The first-order valence-corrected chi connectivity index (χ1v) is 8.96. The lowest BCUT2D eigenvalue weighted by Gasteiger charge is -2.37. The van der Waals surface area contributed by atoms with E-state index in [4.69, 9.17) is 23.2 Å². The molecule has 1 N–H and O–H groups in total. The summed E-state index contributed by atoms with van der Waals surface area (Å²) in [6.07, 6.45) is 1.81. The Kier molecular flexibility index (Phi) is 4.90. The van der Waals surface area contributed by atoms with Crippen molar-refractivity contribution in [1.29, 1.82) is 0 Å². The van der Waals surface area contributed by atoms with Gasteiger partial charge in [0.25, 0.3) is 0 Å². The minimum atomic E-state index is -3.71. The van der Waals surface area contributed by atoms with Crippen molar-refractivity contribution in [3.63, 3.8) is 0 Å². The zero-order valence-electron chi connectivity index (χ0n) is 12.1. The van der Waals surface area contributed by atoms with E-state index >= 15 is 0 Å². The summed E-state index contributed by atoms with van der Waals surface area (Å²) in [4.78, 5) is -0.0292. The Morgan fingerprint density at radius 3 is 2.57 bits per heavy atom. The van der Waals surface area contributed by atoms with Crippen molar-refractivity contribution in [3.05, 3.63) is 27.7 Å². The molecule has 118 valence electrons. The number of halogens is 2. The average Bonchev–Trinajstić information content (AvgIpc) is 2.39. The average molecular weight is 352 g/mol. The SMILES string of the molecule is CC1(C)CCCN(S(=O)(=O)c2cc(Cl)cc(CO)c2Cl)C1. The first-order valence-electron chi connectivity index (χ1n) is 6.76. The number of aliphatic hydroxyl groups is 1. The third kappa shape index (κ3) is 3.54. The van der Waals surface area contributed by atoms with Crippen LogP contribution in [0.5, 0.6) is 0 Å². The summed E-state index contributed by atoms with van der Waals surface area (Å²) >= 11 is 12.1. The lowest BCUT2D eigenvalue weighted by molar-refractivity contribution is 0.187. The minimum absolute atomic E-state index is 0.0292. The Hall–Kier alpha value is -0.330. The first-order chi connectivity index (χ1) is 9.67. The van der Waals surface area contributed by atoms with Crippen molar-refractivity contribution < 1.29 is 13.5 Å². The van der Waals surface area contributed by atoms with Crippen LogP contribution >= 0.6 is 23.2 Å². The molecule has 1 aromatic carbocycles. The molecule has 0 unspecified atom stereocenters. The number of nitrogens with zero attached hydrogens (tertiary/aromatic N) is 1. The molecule has 7 heteroatoms. The molecular weight excluding hydrogens is 333 g/mol. The van der Waals surface area contributed by atoms with Crippen LogP contribution in [0.4, 0.5) is 0 Å². The van der Waals surface area contributed by atoms with Gasteiger partial charge in [0.15, 0.2) is 0 Å². The Labute approximate surface area is 135 Å². The van der Waals surface area contributed by atoms with Crippen molar-refractivity contribution in [3.8, 4) is 0 Å². The van der Waals surface area contributed by atoms with E-state index in [1.807, 2.05) is 13.8 Å². The van der Waals surface area contributed by atoms with Gasteiger partial charge in [-0.3, -0.25) is 0 Å². The maximum Gasteiger partial charge on any atom is 0.244 e. The van der Waals surface area contributed by atoms with Crippen LogP contribution in [-0.2, 0) is 16.6 Å². The predicted molar refractivity (Wildman–Crippen MR) is 84.2 cm³/mol. The number of rotatable bonds is 3. The zero-order valence-corrected chi connectivity index (χ0v) is 14.4. The highest BCUT2D eigenvalue weighted by Crippen LogP contribution is 2.36. The molecule has 1 saturated heterocycles. The smallest absolute Gasteiger partial charge is 0.244 e. The van der Waals surface area contributed by atoms with Gasteiger partial charge in [-0.05, 0) is 36.0 Å². The highest BCUT2D eigenvalue weighted by Gasteiger charge is 2.35. The van der Waals surface area contributed by atoms with Crippen LogP contribution in [0.2, 0.25) is 10.0 Å². The quantitative estimate of drug-likeness (QED) is 0.908. The van der Waals surface area contributed by atoms with E-state index in [0.29, 0.717) is 18.7 Å². The van der Waals surface area contributed by atoms with E-state index in [1.165, 1.54) is 16.4 Å². The van der Waals surface area contributed by atoms with Gasteiger partial charge in [-0.25, -0.2) is 8.42 Å². The van der Waals surface area contributed by atoms with Crippen molar-refractivity contribution in [1.82, 2.24) is 4.31 Å². The van der Waals surface area contributed by atoms with E-state index in [1.54, 1.807) is 0 Å². The normalized spacial score (nSPS) is 19.7. The Morgan fingerprint density at radius 2 is 2.00 bits per heavy atom. The number of sulfonamides is 1. The van der Waals surface area contributed by atoms with Gasteiger partial charge in [-0.1, -0.05) is 37.0 Å². The van der Waals surface area contributed by atoms with Crippen molar-refractivity contribution in [2.75, 3.05) is 13.1 Å². The third-order valence-electron chi connectivity index (χ3n) is 3.73. The van der Waals surface area contributed by atoms with Crippen molar-refractivity contribution >= 4 is 33.2 Å². The standard InChI is InChI=1S/C14H19Cl2NO3S/c1-14(2)4-3-5-17(9-14)21(19,20)12-7-11(15)6-10(8-18)13(12)16/h6-7,18H,3-5,8-9H2,1-2H3. The highest BCUT2D eigenvalue weighted by molar-refractivity contribution is 7.89. The topological polar surface area (TPSA) is 57.6 Å². The largest absolute Gasteiger partial charge is 0.392 e. The number of piperidine rings is 1. The molecule has 21 heavy (non-hydrogen) atoms. The fourth-order valence-corrected chi connectivity index (χ4v) is 5.20. The van der Waals surface area contributed by atoms with Gasteiger partial charge in [-0.2, -0.15) is 4.31 Å². The highest BCUT2D eigenvalue weighted by atomic mass is 35.5. The molecule has 0 bridgehead atoms. The molecule has 2 rings (SSSR count). The molecule has 0 aliphatic carbocycles. The van der Waals surface area contributed by atoms with Gasteiger partial charge in [0.05, 0.1) is 11.6 Å². The summed E-state index contributed by atoms with van der Waals surface area (Å²) in [6, 6.07) is 2.82. The van der Waals surface area contributed by atoms with Crippen molar-refractivity contribution in [2.45, 2.75) is 38.2 Å². The molecule has 1 aliphatic rings. The first kappa shape index (κ1) is 17.0. The van der Waals surface area contributed by atoms with Crippen LogP contribution in [0.15, 0.2) is 17.0 Å². The van der Waals surface area contributed by atoms with Gasteiger partial charge in [0, 0.05) is 18.1 Å². The zero-order chi connectivity index (χ0) is 15.8. The summed E-state index contributed by atoms with van der Waals surface area (Å²) in [5.74, 6) is 0. The molecule has 0 aromatic heterocycles. The van der Waals surface area contributed by atoms with Gasteiger partial charge in [-0.15, -0.1) is 0 Å². The minimum Gasteiger partial charge on any atom is -0.392 e. The molecule has 1 heterocycles. The summed E-state index contributed by atoms with van der Waals surface area (Å²) in [5.41, 5.74) is 0.259. The third-order valence-corrected chi connectivity index (χ3v) is 6.38. The second-order valence-corrected chi connectivity index (χ2v) is 8.86. The molecular formula is C14H19Cl2NO3S. The van der Waals surface area contributed by atoms with Gasteiger partial charge >= 0.3 is 0 Å². The maximum atomic E-state index is 12.8. The van der Waals surface area contributed by atoms with E-state index in [9.17, 15) is 13.5 Å². The monoisotopic (exact) mass is 351 g/mol. The molecule has 0 atom stereocenters. The molecule has 4 nitrogen and oxygen atoms in total. The molecule has 0 saturated carbocycles. The van der Waals surface area contributed by atoms with Crippen molar-refractivity contribution in [2.24, 2.45) is 5.41 Å². The van der Waals surface area contributed by atoms with E-state index in [0.717, 1.165) is 12.8 Å². The molecule has 0 radical (unpaired) electrons. The summed E-state index contributed by atoms with van der Waals surface area (Å²) < 4.78 is 27.1. The van der Waals surface area contributed by atoms with Gasteiger partial charge in [0.1, 0.15) is 4.90 Å². The predicted octanol–water partition coefficient (Wildman–Crippen LogP) is 3.30. The van der Waals surface area contributed by atoms with E-state index < -0.39 is 10.0 Å². The number of aliphatic hydroxyl groups excluding tert-OH is 1. The van der Waals surface area contributed by atoms with Crippen LogP contribution in [0.1, 0.15) is 32.3 Å². The van der Waals surface area contributed by atoms with Crippen LogP contribution < -0.4 is 0 Å². The number of hydrogen-bond acceptors (Lipinski definition) is 3. The molecule has 1 fully saturated rings. The number of benzene rings is 1. The molecule has 0 amide bonds. The molecule has 1 aliphatic heterocycles. The molecule has 1 aromatic rings. The molecule has 0 spiro atoms. The Morgan fingerprint density at radius 1 is 1.33 bits per heavy atom. The fraction of sp³-hybridized carbons (Fsp3) is 0.571. The maximum absolute atomic E-state index is 12.8. The lowest BCUT2D eigenvalue weighted by Crippen LogP contribution is -2.43. The van der Waals surface area contributed by atoms with Crippen LogP contribution in [-0.4, -0.2) is 30.9 Å². The van der Waals surface area contributed by atoms with Gasteiger partial charge < -0.3 is 5.11 Å². The van der Waals surface area contributed by atoms with Crippen LogP contribution in [0.25, 0.3) is 0 Å². The fourth-order valence-electron chi connectivity index (χ4n) is 2.63. The lowest BCUT2D eigenvalue weighted by atomic mass is 9.85.